The van der Waals surface area contributed by atoms with Crippen molar-refractivity contribution in [2.75, 3.05) is 0 Å². The van der Waals surface area contributed by atoms with Crippen LogP contribution < -0.4 is 20.4 Å². The van der Waals surface area contributed by atoms with Crippen molar-refractivity contribution in [2.24, 2.45) is 10.2 Å². The first-order valence-corrected chi connectivity index (χ1v) is 6.77. The van der Waals surface area contributed by atoms with Gasteiger partial charge in [-0.1, -0.05) is 24.3 Å². The van der Waals surface area contributed by atoms with E-state index >= 15 is 0 Å². The number of carboxylic acids is 4. The Morgan fingerprint density at radius 3 is 1.14 bits per heavy atom. The van der Waals surface area contributed by atoms with Crippen LogP contribution in [0.25, 0.3) is 0 Å². The molecule has 0 bridgehead atoms. The summed E-state index contributed by atoms with van der Waals surface area (Å²) in [6.07, 6.45) is 0. The van der Waals surface area contributed by atoms with Crippen LogP contribution in [-0.2, 0) is 34.1 Å². The van der Waals surface area contributed by atoms with Gasteiger partial charge in [-0.3, -0.25) is 0 Å². The molecule has 0 fully saturated rings. The average molecular weight is 466 g/mol. The molecule has 0 saturated heterocycles. The summed E-state index contributed by atoms with van der Waals surface area (Å²) in [6, 6.07) is 6.38. The Kier molecular flexibility index (Phi) is 9.21. The number of aromatic carboxylic acids is 4. The normalized spacial score (nSPS) is 9.86. The fraction of sp³-hybridized carbons (Fsp3) is 0. The van der Waals surface area contributed by atoms with Crippen LogP contribution in [0, 0.1) is 0 Å². The van der Waals surface area contributed by atoms with Crippen LogP contribution in [0.3, 0.4) is 0 Å². The van der Waals surface area contributed by atoms with Gasteiger partial charge >= 0.3 is 34.1 Å². The minimum atomic E-state index is -1.87. The second-order valence-corrected chi connectivity index (χ2v) is 4.75. The van der Waals surface area contributed by atoms with E-state index < -0.39 is 57.5 Å². The van der Waals surface area contributed by atoms with Crippen molar-refractivity contribution in [1.29, 1.82) is 0 Å². The molecule has 10 nitrogen and oxygen atoms in total. The number of hydrogen-bond acceptors (Lipinski definition) is 10. The third-order valence-electron chi connectivity index (χ3n) is 3.20. The molecule has 28 heavy (non-hydrogen) atoms. The number of carbonyl (C=O) groups excluding carboxylic acids is 4. The fourth-order valence-electron chi connectivity index (χ4n) is 2.12. The summed E-state index contributed by atoms with van der Waals surface area (Å²) in [6.45, 7) is 0. The number of hydrogen-bond donors (Lipinski definition) is 0. The first-order valence-electron chi connectivity index (χ1n) is 6.77. The summed E-state index contributed by atoms with van der Waals surface area (Å²) in [7, 11) is 0. The van der Waals surface area contributed by atoms with Gasteiger partial charge in [0, 0.05) is 22.3 Å². The van der Waals surface area contributed by atoms with Crippen LogP contribution in [0.15, 0.2) is 46.6 Å². The molecule has 0 aliphatic carbocycles. The summed E-state index contributed by atoms with van der Waals surface area (Å²) >= 11 is 0. The van der Waals surface area contributed by atoms with Crippen molar-refractivity contribution in [1.82, 2.24) is 0 Å². The molecule has 0 radical (unpaired) electrons. The van der Waals surface area contributed by atoms with Gasteiger partial charge in [-0.25, -0.2) is 0 Å². The van der Waals surface area contributed by atoms with E-state index in [2.05, 4.69) is 10.2 Å². The Labute approximate surface area is 177 Å². The molecule has 0 heterocycles. The minimum absolute atomic E-state index is 0. The maximum Gasteiger partial charge on any atom is 2.00 e. The van der Waals surface area contributed by atoms with Gasteiger partial charge in [0.2, 0.25) is 0 Å². The van der Waals surface area contributed by atoms with E-state index in [-0.39, 0.29) is 34.1 Å². The number of nitrogens with zero attached hydrogens (tertiary/aromatic N) is 2. The third-order valence-corrected chi connectivity index (χ3v) is 3.20. The van der Waals surface area contributed by atoms with E-state index in [1.165, 1.54) is 0 Å². The van der Waals surface area contributed by atoms with Crippen molar-refractivity contribution >= 4 is 35.3 Å². The maximum absolute atomic E-state index is 11.2. The second-order valence-electron chi connectivity index (χ2n) is 4.75. The number of rotatable bonds is 6. The summed E-state index contributed by atoms with van der Waals surface area (Å²) in [5, 5.41) is 51.3. The molecule has 0 atom stereocenters. The number of azo groups is 1. The van der Waals surface area contributed by atoms with E-state index in [0.717, 1.165) is 36.4 Å². The zero-order chi connectivity index (χ0) is 19.4. The zero-order valence-corrected chi connectivity index (χ0v) is 15.5. The van der Waals surface area contributed by atoms with E-state index in [1.54, 1.807) is 0 Å². The van der Waals surface area contributed by atoms with Gasteiger partial charge in [0.1, 0.15) is 0 Å². The van der Waals surface area contributed by atoms with Gasteiger partial charge in [0.05, 0.1) is 35.3 Å². The quantitative estimate of drug-likeness (QED) is 0.332. The van der Waals surface area contributed by atoms with Crippen molar-refractivity contribution in [2.45, 2.75) is 0 Å². The standard InChI is InChI=1S/C16H10N2O8.2Fe/c19-13(20)7-3-1-5-9(11(7)15(23)24)17-18-10-6-2-4-8(14(21)22)12(10)16(25)26;;/h1-6H,(H,19,20)(H,21,22)(H,23,24)(H,25,26);;/q;2*+2/p-4. The Hall–Kier alpha value is -3.04. The predicted octanol–water partition coefficient (Wildman–Crippen LogP) is -2.45. The summed E-state index contributed by atoms with van der Waals surface area (Å²) in [4.78, 5) is 44.3. The monoisotopic (exact) mass is 466 g/mol. The smallest absolute Gasteiger partial charge is 0.545 e. The van der Waals surface area contributed by atoms with Gasteiger partial charge < -0.3 is 39.6 Å². The Morgan fingerprint density at radius 2 is 0.893 bits per heavy atom. The van der Waals surface area contributed by atoms with Gasteiger partial charge in [0.15, 0.2) is 0 Å². The third kappa shape index (κ3) is 5.24. The predicted molar refractivity (Wildman–Crippen MR) is 74.4 cm³/mol. The molecule has 0 aliphatic heterocycles. The second kappa shape index (κ2) is 10.3. The van der Waals surface area contributed by atoms with Crippen molar-refractivity contribution in [3.63, 3.8) is 0 Å². The van der Waals surface area contributed by atoms with Gasteiger partial charge in [-0.15, -0.1) is 10.2 Å². The van der Waals surface area contributed by atoms with Crippen LogP contribution in [-0.4, -0.2) is 23.9 Å². The molecular weight excluding hydrogens is 460 g/mol. The average Bonchev–Trinajstić information content (AvgIpc) is 2.58. The molecule has 2 aromatic carbocycles. The number of carbonyl (C=O) groups is 4. The molecule has 12 heteroatoms. The molecule has 0 N–H and O–H groups in total. The molecule has 0 aliphatic rings. The Morgan fingerprint density at radius 1 is 0.571 bits per heavy atom. The van der Waals surface area contributed by atoms with Crippen molar-refractivity contribution in [3.8, 4) is 0 Å². The molecule has 0 amide bonds. The van der Waals surface area contributed by atoms with Crippen LogP contribution in [0.1, 0.15) is 41.4 Å². The topological polar surface area (TPSA) is 185 Å². The summed E-state index contributed by atoms with van der Waals surface area (Å²) in [5.41, 5.74) is -4.02. The van der Waals surface area contributed by atoms with Gasteiger partial charge in [0.25, 0.3) is 0 Å². The largest absolute Gasteiger partial charge is 2.00 e. The Balaban J connectivity index is 0.00000364. The minimum Gasteiger partial charge on any atom is -0.545 e. The first kappa shape index (κ1) is 25.0. The van der Waals surface area contributed by atoms with Crippen LogP contribution in [0.4, 0.5) is 11.4 Å². The molecule has 2 rings (SSSR count). The summed E-state index contributed by atoms with van der Waals surface area (Å²) in [5.74, 6) is -7.34. The SMILES string of the molecule is O=C([O-])c1cccc(N=Nc2cccc(C(=O)[O-])c2C(=O)[O-])c1C(=O)[O-].[Fe+2].[Fe+2]. The number of benzene rings is 2. The molecular formula is C16H6Fe2N2O8. The van der Waals surface area contributed by atoms with Crippen molar-refractivity contribution in [3.05, 3.63) is 58.7 Å². The zero-order valence-electron chi connectivity index (χ0n) is 13.3. The van der Waals surface area contributed by atoms with E-state index in [9.17, 15) is 39.6 Å². The molecule has 0 spiro atoms. The molecule has 144 valence electrons. The van der Waals surface area contributed by atoms with Crippen LogP contribution >= 0.6 is 0 Å². The fourth-order valence-corrected chi connectivity index (χ4v) is 2.12. The van der Waals surface area contributed by atoms with E-state index in [1.807, 2.05) is 0 Å². The molecule has 0 saturated carbocycles. The van der Waals surface area contributed by atoms with Crippen LogP contribution in [0.2, 0.25) is 0 Å². The van der Waals surface area contributed by atoms with E-state index in [0.29, 0.717) is 0 Å². The maximum atomic E-state index is 11.2. The molecule has 2 aromatic rings. The molecule has 0 unspecified atom stereocenters. The molecule has 0 aromatic heterocycles. The Bertz CT molecular complexity index is 898. The van der Waals surface area contributed by atoms with Crippen LogP contribution in [0.5, 0.6) is 0 Å². The summed E-state index contributed by atoms with van der Waals surface area (Å²) < 4.78 is 0. The number of carboxylic acid groups (broad SMARTS) is 4. The van der Waals surface area contributed by atoms with Crippen molar-refractivity contribution < 1.29 is 73.7 Å². The van der Waals surface area contributed by atoms with Gasteiger partial charge in [-0.05, 0) is 12.1 Å². The van der Waals surface area contributed by atoms with Gasteiger partial charge in [-0.2, -0.15) is 0 Å². The first-order chi connectivity index (χ1) is 12.2. The van der Waals surface area contributed by atoms with E-state index in [4.69, 9.17) is 0 Å².